The number of halogens is 2. The third kappa shape index (κ3) is 6.84. The second-order valence-electron chi connectivity index (χ2n) is 14.6. The summed E-state index contributed by atoms with van der Waals surface area (Å²) in [6.45, 7) is 4.45. The summed E-state index contributed by atoms with van der Waals surface area (Å²) in [5.41, 5.74) is 10.8. The Kier molecular flexibility index (Phi) is 9.55. The molecule has 0 spiro atoms. The monoisotopic (exact) mass is 759 g/mol. The van der Waals surface area contributed by atoms with Crippen LogP contribution in [0.25, 0.3) is 16.7 Å². The normalized spacial score (nSPS) is 14.6. The maximum atomic E-state index is 15.7. The zero-order valence-electron chi connectivity index (χ0n) is 31.3. The fraction of sp³-hybridized carbons (Fsp3) is 0.220. The van der Waals surface area contributed by atoms with Crippen LogP contribution in [-0.4, -0.2) is 78.2 Å². The maximum Gasteiger partial charge on any atom is 0.245 e. The van der Waals surface area contributed by atoms with Crippen molar-refractivity contribution in [1.82, 2.24) is 19.9 Å². The molecule has 0 radical (unpaired) electrons. The second-order valence-corrected chi connectivity index (χ2v) is 18.9. The van der Waals surface area contributed by atoms with E-state index in [1.807, 2.05) is 36.4 Å². The predicted molar refractivity (Wildman–Crippen MR) is 209 cm³/mol. The van der Waals surface area contributed by atoms with Crippen LogP contribution in [0.5, 0.6) is 5.88 Å². The molecule has 1 aliphatic heterocycles. The number of nitrogens with zero attached hydrogens (tertiary/aromatic N) is 5. The van der Waals surface area contributed by atoms with E-state index in [-0.39, 0.29) is 47.3 Å². The van der Waals surface area contributed by atoms with Crippen molar-refractivity contribution < 1.29 is 32.8 Å². The van der Waals surface area contributed by atoms with Crippen molar-refractivity contribution >= 4 is 59.1 Å². The van der Waals surface area contributed by atoms with E-state index in [0.717, 1.165) is 21.5 Å². The van der Waals surface area contributed by atoms with Crippen molar-refractivity contribution in [1.29, 1.82) is 0 Å². The Balaban J connectivity index is 1.18. The van der Waals surface area contributed by atoms with Crippen LogP contribution in [-0.2, 0) is 13.0 Å². The van der Waals surface area contributed by atoms with Gasteiger partial charge in [-0.15, -0.1) is 0 Å². The number of imidazole rings is 1. The summed E-state index contributed by atoms with van der Waals surface area (Å²) in [4.78, 5) is 43.3. The smallest absolute Gasteiger partial charge is 0.245 e. The first-order valence-electron chi connectivity index (χ1n) is 17.6. The number of aryl methyl sites for hydroxylation is 1. The van der Waals surface area contributed by atoms with Crippen molar-refractivity contribution in [3.63, 3.8) is 0 Å². The fourth-order valence-electron chi connectivity index (χ4n) is 7.23. The van der Waals surface area contributed by atoms with Crippen molar-refractivity contribution in [2.24, 2.45) is 0 Å². The van der Waals surface area contributed by atoms with Gasteiger partial charge in [-0.2, -0.15) is 14.4 Å². The molecule has 3 aromatic carbocycles. The third-order valence-electron chi connectivity index (χ3n) is 10.2. The van der Waals surface area contributed by atoms with Gasteiger partial charge in [-0.25, -0.2) is 13.9 Å². The standard InChI is InChI=1S/C41H39F2N7O4Si/c1-49(2)31-18-34-27(16-29(31)42)36(28-17-30(43)32(50(3)4)19-35(28)55(34,5)6)25-13-12-24(15-26(25)40(52)53)33(51)14-11-22-7-9-23(10-8-22)20-54-39-37-38(46-21-45-37)47-41(44)48-39/h7-10,12-13,15-19,21,44H,11,14,20H2,1-6H3,(H2,51,52,53). The minimum atomic E-state index is -2.60. The van der Waals surface area contributed by atoms with Crippen molar-refractivity contribution in [3.05, 3.63) is 129 Å². The largest absolute Gasteiger partial charge is 0.545 e. The molecule has 0 atom stereocenters. The molecule has 2 aromatic heterocycles. The molecule has 14 heteroatoms. The molecule has 280 valence electrons. The van der Waals surface area contributed by atoms with E-state index in [2.05, 4.69) is 33.0 Å². The zero-order valence-corrected chi connectivity index (χ0v) is 32.3. The van der Waals surface area contributed by atoms with Crippen molar-refractivity contribution in [3.8, 4) is 5.88 Å². The topological polar surface area (TPSA) is 153 Å². The van der Waals surface area contributed by atoms with E-state index >= 15 is 8.78 Å². The van der Waals surface area contributed by atoms with Gasteiger partial charge in [-0.1, -0.05) is 49.5 Å². The molecule has 3 heterocycles. The molecular formula is C41H39F2N7O4Si. The number of nitrogens with one attached hydrogen (secondary N) is 1. The SMILES string of the molecule is CN(C)c1cc2c(cc1F)C(c1ccc(C(=O)CCc3ccc(COc4nc(N)nc5nc[nH]c45)cc3)cc1C(=O)[O-])=C1C=C(F)C(=[N+](C)C)C=C1[Si]2(C)C. The van der Waals surface area contributed by atoms with Crippen LogP contribution in [0.3, 0.4) is 0 Å². The number of ketones is 1. The Labute approximate surface area is 317 Å². The quantitative estimate of drug-likeness (QED) is 0.118. The Bertz CT molecular complexity index is 2550. The van der Waals surface area contributed by atoms with Gasteiger partial charge in [0.2, 0.25) is 17.5 Å². The number of aromatic nitrogens is 4. The molecule has 0 saturated heterocycles. The lowest BCUT2D eigenvalue weighted by Crippen LogP contribution is -2.50. The van der Waals surface area contributed by atoms with Crippen LogP contribution in [0, 0.1) is 5.82 Å². The molecule has 55 heavy (non-hydrogen) atoms. The Morgan fingerprint density at radius 2 is 1.71 bits per heavy atom. The molecular weight excluding hydrogens is 721 g/mol. The number of carboxylic acid groups (broad SMARTS) is 1. The van der Waals surface area contributed by atoms with Gasteiger partial charge in [-0.3, -0.25) is 4.79 Å². The number of benzene rings is 3. The molecule has 0 saturated carbocycles. The lowest BCUT2D eigenvalue weighted by Gasteiger charge is -2.38. The van der Waals surface area contributed by atoms with Gasteiger partial charge in [0.05, 0.1) is 18.0 Å². The number of nitrogen functional groups attached to an aromatic ring is 1. The number of ether oxygens (including phenoxy) is 1. The fourth-order valence-corrected chi connectivity index (χ4v) is 10.3. The van der Waals surface area contributed by atoms with Gasteiger partial charge in [0.25, 0.3) is 0 Å². The Hall–Kier alpha value is -6.28. The van der Waals surface area contributed by atoms with Crippen LogP contribution >= 0.6 is 0 Å². The van der Waals surface area contributed by atoms with E-state index in [4.69, 9.17) is 10.5 Å². The van der Waals surface area contributed by atoms with Gasteiger partial charge in [-0.05, 0) is 74.5 Å². The zero-order chi connectivity index (χ0) is 39.3. The third-order valence-corrected chi connectivity index (χ3v) is 13.7. The van der Waals surface area contributed by atoms with Gasteiger partial charge >= 0.3 is 0 Å². The minimum Gasteiger partial charge on any atom is -0.545 e. The summed E-state index contributed by atoms with van der Waals surface area (Å²) in [6.07, 6.45) is 5.23. The van der Waals surface area contributed by atoms with E-state index in [0.29, 0.717) is 45.7 Å². The summed E-state index contributed by atoms with van der Waals surface area (Å²) in [5, 5.41) is 14.6. The number of H-pyrrole nitrogens is 1. The molecule has 0 amide bonds. The number of allylic oxidation sites excluding steroid dienone is 5. The summed E-state index contributed by atoms with van der Waals surface area (Å²) < 4.78 is 39.0. The number of aromatic amines is 1. The Morgan fingerprint density at radius 3 is 2.40 bits per heavy atom. The second kappa shape index (κ2) is 14.2. The van der Waals surface area contributed by atoms with Crippen LogP contribution in [0.4, 0.5) is 20.4 Å². The number of aromatic carboxylic acids is 1. The van der Waals surface area contributed by atoms with Crippen LogP contribution in [0.1, 0.15) is 49.4 Å². The molecule has 0 bridgehead atoms. The van der Waals surface area contributed by atoms with E-state index in [9.17, 15) is 14.7 Å². The van der Waals surface area contributed by atoms with Gasteiger partial charge < -0.3 is 30.3 Å². The number of hydrogen-bond acceptors (Lipinski definition) is 9. The van der Waals surface area contributed by atoms with Crippen LogP contribution < -0.4 is 25.7 Å². The van der Waals surface area contributed by atoms with Crippen molar-refractivity contribution in [2.75, 3.05) is 38.8 Å². The first-order valence-corrected chi connectivity index (χ1v) is 20.6. The van der Waals surface area contributed by atoms with Crippen LogP contribution in [0.15, 0.2) is 89.7 Å². The Morgan fingerprint density at radius 1 is 0.982 bits per heavy atom. The summed E-state index contributed by atoms with van der Waals surface area (Å²) in [7, 11) is 4.43. The molecule has 7 rings (SSSR count). The highest BCUT2D eigenvalue weighted by Gasteiger charge is 2.43. The number of carboxylic acids is 1. The molecule has 5 aromatic rings. The molecule has 11 nitrogen and oxygen atoms in total. The van der Waals surface area contributed by atoms with E-state index in [1.165, 1.54) is 24.5 Å². The van der Waals surface area contributed by atoms with Crippen molar-refractivity contribution in [2.45, 2.75) is 32.5 Å². The summed E-state index contributed by atoms with van der Waals surface area (Å²) >= 11 is 0. The maximum absolute atomic E-state index is 15.7. The average Bonchev–Trinajstić information content (AvgIpc) is 3.61. The van der Waals surface area contributed by atoms with Gasteiger partial charge in [0, 0.05) is 37.7 Å². The highest BCUT2D eigenvalue weighted by molar-refractivity contribution is 6.98. The van der Waals surface area contributed by atoms with E-state index < -0.39 is 25.7 Å². The van der Waals surface area contributed by atoms with E-state index in [1.54, 1.807) is 49.8 Å². The number of nitrogens with two attached hydrogens (primary N) is 1. The molecule has 3 N–H and O–H groups in total. The first kappa shape index (κ1) is 37.0. The van der Waals surface area contributed by atoms with Gasteiger partial charge in [0.15, 0.2) is 17.3 Å². The number of carbonyl (C=O) groups is 2. The van der Waals surface area contributed by atoms with Gasteiger partial charge in [0.1, 0.15) is 40.1 Å². The number of anilines is 2. The highest BCUT2D eigenvalue weighted by Crippen LogP contribution is 2.44. The minimum absolute atomic E-state index is 0.0492. The molecule has 0 unspecified atom stereocenters. The van der Waals surface area contributed by atoms with Crippen LogP contribution in [0.2, 0.25) is 13.1 Å². The number of Topliss-reactive ketones (excluding diaryl/α,β-unsaturated/α-hetero) is 1. The predicted octanol–water partition coefficient (Wildman–Crippen LogP) is 4.67. The number of rotatable bonds is 10. The lowest BCUT2D eigenvalue weighted by molar-refractivity contribution is -0.463. The summed E-state index contributed by atoms with van der Waals surface area (Å²) in [5.74, 6) is -2.42. The highest BCUT2D eigenvalue weighted by atomic mass is 28.3. The molecule has 2 aliphatic rings. The first-order chi connectivity index (χ1) is 26.1. The average molecular weight is 760 g/mol. The lowest BCUT2D eigenvalue weighted by atomic mass is 9.85. The summed E-state index contributed by atoms with van der Waals surface area (Å²) in [6, 6.07) is 15.2. The molecule has 0 fully saturated rings. The number of carbonyl (C=O) groups excluding carboxylic acids is 2. The molecule has 1 aliphatic carbocycles. The number of fused-ring (bicyclic) bond motifs is 3. The number of hydrogen-bond donors (Lipinski definition) is 2.